The summed E-state index contributed by atoms with van der Waals surface area (Å²) in [5.74, 6) is -0.0810. The number of hydrogen-bond acceptors (Lipinski definition) is 2. The molecule has 0 radical (unpaired) electrons. The van der Waals surface area contributed by atoms with Crippen molar-refractivity contribution in [2.75, 3.05) is 13.6 Å². The van der Waals surface area contributed by atoms with Gasteiger partial charge in [0, 0.05) is 12.1 Å². The molecule has 1 rings (SSSR count). The normalized spacial score (nSPS) is 12.3. The number of halogens is 1. The topological polar surface area (TPSA) is 46.3 Å². The van der Waals surface area contributed by atoms with Crippen LogP contribution in [-0.2, 0) is 4.79 Å². The van der Waals surface area contributed by atoms with E-state index in [1.54, 1.807) is 11.9 Å². The predicted molar refractivity (Wildman–Crippen MR) is 61.7 cm³/mol. The summed E-state index contributed by atoms with van der Waals surface area (Å²) in [6.07, 6.45) is 0. The Morgan fingerprint density at radius 3 is 2.80 bits per heavy atom. The molecule has 0 aliphatic carbocycles. The van der Waals surface area contributed by atoms with Crippen LogP contribution in [0.3, 0.4) is 0 Å². The maximum atomic E-state index is 11.4. The Labute approximate surface area is 94.8 Å². The lowest BCUT2D eigenvalue weighted by Crippen LogP contribution is -2.34. The van der Waals surface area contributed by atoms with E-state index >= 15 is 0 Å². The van der Waals surface area contributed by atoms with Gasteiger partial charge in [-0.1, -0.05) is 23.7 Å². The first kappa shape index (κ1) is 12.0. The van der Waals surface area contributed by atoms with Crippen LogP contribution in [0.1, 0.15) is 18.5 Å². The number of rotatable bonds is 3. The highest BCUT2D eigenvalue weighted by molar-refractivity contribution is 6.30. The molecule has 0 spiro atoms. The first-order valence-electron chi connectivity index (χ1n) is 4.77. The third kappa shape index (κ3) is 2.94. The Morgan fingerprint density at radius 1 is 1.60 bits per heavy atom. The standard InChI is InChI=1S/C11H15ClN2O/c1-8(14(2)11(15)7-13)9-4-3-5-10(12)6-9/h3-6,8H,7,13H2,1-2H3/t8-/m0/s1. The Bertz CT molecular complexity index is 354. The molecule has 0 bridgehead atoms. The van der Waals surface area contributed by atoms with Crippen LogP contribution in [0.4, 0.5) is 0 Å². The van der Waals surface area contributed by atoms with Gasteiger partial charge in [0.05, 0.1) is 12.6 Å². The van der Waals surface area contributed by atoms with Crippen molar-refractivity contribution in [1.82, 2.24) is 4.90 Å². The Balaban J connectivity index is 2.84. The molecular formula is C11H15ClN2O. The summed E-state index contributed by atoms with van der Waals surface area (Å²) in [6.45, 7) is 1.97. The fourth-order valence-electron chi connectivity index (χ4n) is 1.35. The predicted octanol–water partition coefficient (Wildman–Crippen LogP) is 1.82. The van der Waals surface area contributed by atoms with Crippen molar-refractivity contribution in [2.45, 2.75) is 13.0 Å². The van der Waals surface area contributed by atoms with Gasteiger partial charge in [-0.3, -0.25) is 4.79 Å². The smallest absolute Gasteiger partial charge is 0.236 e. The molecule has 0 saturated heterocycles. The molecule has 82 valence electrons. The van der Waals surface area contributed by atoms with E-state index in [0.29, 0.717) is 5.02 Å². The van der Waals surface area contributed by atoms with Crippen molar-refractivity contribution in [3.63, 3.8) is 0 Å². The number of carbonyl (C=O) groups excluding carboxylic acids is 1. The van der Waals surface area contributed by atoms with Gasteiger partial charge < -0.3 is 10.6 Å². The van der Waals surface area contributed by atoms with Crippen LogP contribution in [0.2, 0.25) is 5.02 Å². The zero-order valence-corrected chi connectivity index (χ0v) is 9.66. The minimum absolute atomic E-state index is 0.0141. The highest BCUT2D eigenvalue weighted by Gasteiger charge is 2.15. The highest BCUT2D eigenvalue weighted by Crippen LogP contribution is 2.21. The second-order valence-corrected chi connectivity index (χ2v) is 3.88. The van der Waals surface area contributed by atoms with E-state index < -0.39 is 0 Å². The second kappa shape index (κ2) is 5.14. The maximum Gasteiger partial charge on any atom is 0.236 e. The largest absolute Gasteiger partial charge is 0.338 e. The maximum absolute atomic E-state index is 11.4. The van der Waals surface area contributed by atoms with E-state index in [4.69, 9.17) is 17.3 Å². The Morgan fingerprint density at radius 2 is 2.27 bits per heavy atom. The Hall–Kier alpha value is -1.06. The lowest BCUT2D eigenvalue weighted by atomic mass is 10.1. The highest BCUT2D eigenvalue weighted by atomic mass is 35.5. The molecule has 1 aromatic rings. The second-order valence-electron chi connectivity index (χ2n) is 3.44. The molecule has 0 fully saturated rings. The van der Waals surface area contributed by atoms with Gasteiger partial charge in [-0.05, 0) is 24.6 Å². The van der Waals surface area contributed by atoms with Gasteiger partial charge >= 0.3 is 0 Å². The number of carbonyl (C=O) groups is 1. The average molecular weight is 227 g/mol. The monoisotopic (exact) mass is 226 g/mol. The molecule has 0 heterocycles. The fourth-order valence-corrected chi connectivity index (χ4v) is 1.55. The van der Waals surface area contributed by atoms with Crippen LogP contribution in [0.15, 0.2) is 24.3 Å². The van der Waals surface area contributed by atoms with Crippen LogP contribution in [0.25, 0.3) is 0 Å². The van der Waals surface area contributed by atoms with Crippen molar-refractivity contribution in [2.24, 2.45) is 5.73 Å². The SMILES string of the molecule is C[C@@H](c1cccc(Cl)c1)N(C)C(=O)CN. The van der Waals surface area contributed by atoms with E-state index in [1.807, 2.05) is 31.2 Å². The number of benzene rings is 1. The van der Waals surface area contributed by atoms with Gasteiger partial charge in [-0.15, -0.1) is 0 Å². The molecule has 0 aliphatic rings. The molecule has 1 aromatic carbocycles. The summed E-state index contributed by atoms with van der Waals surface area (Å²) in [5, 5.41) is 0.674. The molecular weight excluding hydrogens is 212 g/mol. The summed E-state index contributed by atoms with van der Waals surface area (Å²) in [4.78, 5) is 13.0. The van der Waals surface area contributed by atoms with E-state index in [1.165, 1.54) is 0 Å². The third-order valence-electron chi connectivity index (χ3n) is 2.48. The number of likely N-dealkylation sites (N-methyl/N-ethyl adjacent to an activating group) is 1. The van der Waals surface area contributed by atoms with Crippen molar-refractivity contribution in [3.8, 4) is 0 Å². The van der Waals surface area contributed by atoms with Crippen LogP contribution >= 0.6 is 11.6 Å². The van der Waals surface area contributed by atoms with Gasteiger partial charge in [0.25, 0.3) is 0 Å². The number of amides is 1. The first-order valence-corrected chi connectivity index (χ1v) is 5.15. The first-order chi connectivity index (χ1) is 7.06. The molecule has 1 atom stereocenters. The van der Waals surface area contributed by atoms with E-state index in [-0.39, 0.29) is 18.5 Å². The number of nitrogens with two attached hydrogens (primary N) is 1. The van der Waals surface area contributed by atoms with E-state index in [9.17, 15) is 4.79 Å². The zero-order valence-electron chi connectivity index (χ0n) is 8.90. The molecule has 0 aromatic heterocycles. The molecule has 0 saturated carbocycles. The molecule has 0 unspecified atom stereocenters. The molecule has 1 amide bonds. The summed E-state index contributed by atoms with van der Waals surface area (Å²) < 4.78 is 0. The van der Waals surface area contributed by atoms with Crippen LogP contribution in [0, 0.1) is 0 Å². The van der Waals surface area contributed by atoms with Gasteiger partial charge in [0.15, 0.2) is 0 Å². The Kier molecular flexibility index (Phi) is 4.12. The average Bonchev–Trinajstić information content (AvgIpc) is 2.26. The van der Waals surface area contributed by atoms with Crippen molar-refractivity contribution in [3.05, 3.63) is 34.9 Å². The summed E-state index contributed by atoms with van der Waals surface area (Å²) >= 11 is 5.88. The van der Waals surface area contributed by atoms with E-state index in [2.05, 4.69) is 0 Å². The van der Waals surface area contributed by atoms with Crippen LogP contribution in [0.5, 0.6) is 0 Å². The minimum Gasteiger partial charge on any atom is -0.338 e. The molecule has 15 heavy (non-hydrogen) atoms. The van der Waals surface area contributed by atoms with Gasteiger partial charge in [-0.25, -0.2) is 0 Å². The molecule has 0 aliphatic heterocycles. The van der Waals surface area contributed by atoms with Crippen molar-refractivity contribution >= 4 is 17.5 Å². The van der Waals surface area contributed by atoms with Crippen molar-refractivity contribution in [1.29, 1.82) is 0 Å². The number of nitrogens with zero attached hydrogens (tertiary/aromatic N) is 1. The summed E-state index contributed by atoms with van der Waals surface area (Å²) in [5.41, 5.74) is 6.31. The van der Waals surface area contributed by atoms with Crippen LogP contribution < -0.4 is 5.73 Å². The fraction of sp³-hybridized carbons (Fsp3) is 0.364. The van der Waals surface area contributed by atoms with E-state index in [0.717, 1.165) is 5.56 Å². The summed E-state index contributed by atoms with van der Waals surface area (Å²) in [7, 11) is 1.74. The van der Waals surface area contributed by atoms with Gasteiger partial charge in [0.2, 0.25) is 5.91 Å². The zero-order chi connectivity index (χ0) is 11.4. The van der Waals surface area contributed by atoms with Gasteiger partial charge in [-0.2, -0.15) is 0 Å². The van der Waals surface area contributed by atoms with Crippen LogP contribution in [-0.4, -0.2) is 24.4 Å². The number of hydrogen-bond donors (Lipinski definition) is 1. The molecule has 4 heteroatoms. The lowest BCUT2D eigenvalue weighted by molar-refractivity contribution is -0.130. The van der Waals surface area contributed by atoms with Gasteiger partial charge in [0.1, 0.15) is 0 Å². The quantitative estimate of drug-likeness (QED) is 0.855. The molecule has 2 N–H and O–H groups in total. The third-order valence-corrected chi connectivity index (χ3v) is 2.72. The summed E-state index contributed by atoms with van der Waals surface area (Å²) in [6, 6.07) is 7.46. The van der Waals surface area contributed by atoms with Crippen molar-refractivity contribution < 1.29 is 4.79 Å². The minimum atomic E-state index is -0.0810. The molecule has 3 nitrogen and oxygen atoms in total. The lowest BCUT2D eigenvalue weighted by Gasteiger charge is -2.24.